The third kappa shape index (κ3) is 57.0. The molecule has 0 fully saturated rings. The average molecular weight is 1000 g/mol. The van der Waals surface area contributed by atoms with Gasteiger partial charge in [-0.3, -0.25) is 14.4 Å². The van der Waals surface area contributed by atoms with E-state index in [0.717, 1.165) is 141 Å². The largest absolute Gasteiger partial charge is 0.462 e. The molecule has 0 bridgehead atoms. The van der Waals surface area contributed by atoms with Crippen molar-refractivity contribution in [3.8, 4) is 0 Å². The zero-order valence-electron chi connectivity index (χ0n) is 46.9. The summed E-state index contributed by atoms with van der Waals surface area (Å²) in [5.41, 5.74) is 0. The highest BCUT2D eigenvalue weighted by atomic mass is 16.6. The lowest BCUT2D eigenvalue weighted by molar-refractivity contribution is -0.167. The normalized spacial score (nSPS) is 12.9. The molecule has 0 rings (SSSR count). The van der Waals surface area contributed by atoms with Crippen LogP contribution in [-0.4, -0.2) is 37.2 Å². The van der Waals surface area contributed by atoms with Crippen LogP contribution in [-0.2, 0) is 28.6 Å². The molecule has 6 nitrogen and oxygen atoms in total. The minimum Gasteiger partial charge on any atom is -0.462 e. The van der Waals surface area contributed by atoms with Crippen molar-refractivity contribution in [3.63, 3.8) is 0 Å². The summed E-state index contributed by atoms with van der Waals surface area (Å²) in [7, 11) is 0. The molecule has 0 aliphatic heterocycles. The maximum Gasteiger partial charge on any atom is 0.306 e. The van der Waals surface area contributed by atoms with Gasteiger partial charge in [0.2, 0.25) is 0 Å². The van der Waals surface area contributed by atoms with Crippen LogP contribution in [0.4, 0.5) is 0 Å². The lowest BCUT2D eigenvalue weighted by Gasteiger charge is -2.18. The Bertz CT molecular complexity index is 1470. The number of hydrogen-bond acceptors (Lipinski definition) is 6. The summed E-state index contributed by atoms with van der Waals surface area (Å²) >= 11 is 0. The number of esters is 3. The van der Waals surface area contributed by atoms with Crippen LogP contribution in [0.2, 0.25) is 0 Å². The van der Waals surface area contributed by atoms with Gasteiger partial charge in [0.25, 0.3) is 0 Å². The fourth-order valence-electron chi connectivity index (χ4n) is 8.01. The van der Waals surface area contributed by atoms with Crippen molar-refractivity contribution in [2.24, 2.45) is 0 Å². The maximum absolute atomic E-state index is 12.8. The van der Waals surface area contributed by atoms with Gasteiger partial charge >= 0.3 is 17.9 Å². The van der Waals surface area contributed by atoms with Crippen LogP contribution in [0.15, 0.2) is 109 Å². The molecule has 0 aromatic rings. The Morgan fingerprint density at radius 3 is 0.917 bits per heavy atom. The molecular weight excluding hydrogens is 889 g/mol. The number of unbranched alkanes of at least 4 members (excludes halogenated alkanes) is 24. The molecule has 0 aliphatic carbocycles. The van der Waals surface area contributed by atoms with Gasteiger partial charge in [-0.05, 0) is 122 Å². The fraction of sp³-hybridized carbons (Fsp3) is 0.682. The highest BCUT2D eigenvalue weighted by Gasteiger charge is 2.19. The second-order valence-electron chi connectivity index (χ2n) is 19.5. The first-order valence-corrected chi connectivity index (χ1v) is 29.9. The Labute approximate surface area is 444 Å². The number of rotatable bonds is 53. The van der Waals surface area contributed by atoms with Gasteiger partial charge in [0.15, 0.2) is 6.10 Å². The molecule has 0 spiro atoms. The Hall–Kier alpha value is -3.93. The number of hydrogen-bond donors (Lipinski definition) is 0. The molecule has 0 aromatic heterocycles. The summed E-state index contributed by atoms with van der Waals surface area (Å²) in [5, 5.41) is 0. The molecule has 0 saturated carbocycles. The average Bonchev–Trinajstić information content (AvgIpc) is 3.38. The first-order valence-electron chi connectivity index (χ1n) is 29.9. The van der Waals surface area contributed by atoms with Gasteiger partial charge in [-0.25, -0.2) is 0 Å². The number of carbonyl (C=O) groups is 3. The lowest BCUT2D eigenvalue weighted by Crippen LogP contribution is -2.30. The minimum atomic E-state index is -0.793. The van der Waals surface area contributed by atoms with Crippen LogP contribution in [0.1, 0.15) is 271 Å². The Balaban J connectivity index is 4.33. The molecule has 0 amide bonds. The third-order valence-corrected chi connectivity index (χ3v) is 12.5. The molecule has 1 atom stereocenters. The first-order chi connectivity index (χ1) is 35.5. The standard InChI is InChI=1S/C66H110O6/c1-4-7-10-13-16-19-22-24-26-28-29-30-31-32-33-34-35-36-37-39-40-42-44-47-50-53-56-59-65(68)71-62-63(61-70-64(67)58-55-52-49-46-21-18-15-12-9-6-3)72-66(69)60-57-54-51-48-45-43-41-38-27-25-23-20-17-14-11-8-5-2/h7,10,12,15-16,19,24-27,29-30,32-33,35-36,39-40,63H,4-6,8-9,11,13-14,17-18,20-23,28,31,34,37-38,41-62H2,1-3H3/b10-7-,15-12-,19-16-,26-24-,27-25-,30-29-,33-32-,36-35-,40-39-. The van der Waals surface area contributed by atoms with Gasteiger partial charge in [-0.2, -0.15) is 0 Å². The van der Waals surface area contributed by atoms with E-state index in [9.17, 15) is 14.4 Å². The highest BCUT2D eigenvalue weighted by molar-refractivity contribution is 5.71. The predicted octanol–water partition coefficient (Wildman–Crippen LogP) is 20.3. The Kier molecular flexibility index (Phi) is 56.4. The van der Waals surface area contributed by atoms with Gasteiger partial charge in [0.1, 0.15) is 13.2 Å². The van der Waals surface area contributed by atoms with Crippen molar-refractivity contribution < 1.29 is 28.6 Å². The maximum atomic E-state index is 12.8. The molecule has 410 valence electrons. The van der Waals surface area contributed by atoms with Crippen LogP contribution in [0.5, 0.6) is 0 Å². The summed E-state index contributed by atoms with van der Waals surface area (Å²) in [5.74, 6) is -0.924. The molecule has 1 unspecified atom stereocenters. The van der Waals surface area contributed by atoms with E-state index >= 15 is 0 Å². The van der Waals surface area contributed by atoms with E-state index in [1.165, 1.54) is 89.9 Å². The smallest absolute Gasteiger partial charge is 0.306 e. The van der Waals surface area contributed by atoms with Gasteiger partial charge < -0.3 is 14.2 Å². The summed E-state index contributed by atoms with van der Waals surface area (Å²) < 4.78 is 16.8. The third-order valence-electron chi connectivity index (χ3n) is 12.5. The molecule has 6 heteroatoms. The molecule has 0 saturated heterocycles. The van der Waals surface area contributed by atoms with E-state index in [1.807, 2.05) is 0 Å². The lowest BCUT2D eigenvalue weighted by atomic mass is 10.1. The molecular formula is C66H110O6. The minimum absolute atomic E-state index is 0.0912. The topological polar surface area (TPSA) is 78.9 Å². The predicted molar refractivity (Wildman–Crippen MR) is 311 cm³/mol. The van der Waals surface area contributed by atoms with Crippen molar-refractivity contribution in [1.29, 1.82) is 0 Å². The number of ether oxygens (including phenoxy) is 3. The van der Waals surface area contributed by atoms with E-state index in [4.69, 9.17) is 14.2 Å². The Morgan fingerprint density at radius 2 is 0.569 bits per heavy atom. The molecule has 0 aliphatic rings. The summed E-state index contributed by atoms with van der Waals surface area (Å²) in [6.45, 7) is 6.44. The number of carbonyl (C=O) groups excluding carboxylic acids is 3. The van der Waals surface area contributed by atoms with Crippen LogP contribution in [0.3, 0.4) is 0 Å². The van der Waals surface area contributed by atoms with Crippen molar-refractivity contribution in [2.75, 3.05) is 13.2 Å². The second kappa shape index (κ2) is 59.6. The van der Waals surface area contributed by atoms with Gasteiger partial charge in [0.05, 0.1) is 0 Å². The van der Waals surface area contributed by atoms with Crippen molar-refractivity contribution in [1.82, 2.24) is 0 Å². The van der Waals surface area contributed by atoms with Crippen LogP contribution in [0, 0.1) is 0 Å². The van der Waals surface area contributed by atoms with Gasteiger partial charge in [0, 0.05) is 19.3 Å². The first kappa shape index (κ1) is 68.1. The van der Waals surface area contributed by atoms with Crippen molar-refractivity contribution >= 4 is 17.9 Å². The van der Waals surface area contributed by atoms with Gasteiger partial charge in [-0.15, -0.1) is 0 Å². The quantitative estimate of drug-likeness (QED) is 0.0261. The molecule has 0 N–H and O–H groups in total. The molecule has 0 radical (unpaired) electrons. The van der Waals surface area contributed by atoms with Gasteiger partial charge in [-0.1, -0.05) is 239 Å². The van der Waals surface area contributed by atoms with Crippen LogP contribution >= 0.6 is 0 Å². The van der Waals surface area contributed by atoms with E-state index in [1.54, 1.807) is 0 Å². The fourth-order valence-corrected chi connectivity index (χ4v) is 8.01. The SMILES string of the molecule is CC/C=C\C/C=C\C/C=C\C/C=C\C/C=C\C/C=C\C/C=C\CCCCCCCC(=O)OCC(COC(=O)CCCCCCC/C=C\CCC)OC(=O)CCCCCCCCC/C=C\CCCCCCCC. The summed E-state index contributed by atoms with van der Waals surface area (Å²) in [6, 6.07) is 0. The van der Waals surface area contributed by atoms with Crippen molar-refractivity contribution in [3.05, 3.63) is 109 Å². The molecule has 72 heavy (non-hydrogen) atoms. The van der Waals surface area contributed by atoms with E-state index in [0.29, 0.717) is 19.3 Å². The van der Waals surface area contributed by atoms with Crippen LogP contribution in [0.25, 0.3) is 0 Å². The second-order valence-corrected chi connectivity index (χ2v) is 19.5. The summed E-state index contributed by atoms with van der Waals surface area (Å²) in [4.78, 5) is 38.1. The molecule has 0 aromatic carbocycles. The summed E-state index contributed by atoms with van der Waals surface area (Å²) in [6.07, 6.45) is 80.9. The van der Waals surface area contributed by atoms with Crippen molar-refractivity contribution in [2.45, 2.75) is 277 Å². The Morgan fingerprint density at radius 1 is 0.292 bits per heavy atom. The molecule has 0 heterocycles. The van der Waals surface area contributed by atoms with E-state index < -0.39 is 6.10 Å². The highest BCUT2D eigenvalue weighted by Crippen LogP contribution is 2.14. The zero-order chi connectivity index (χ0) is 52.2. The van der Waals surface area contributed by atoms with E-state index in [2.05, 4.69) is 130 Å². The zero-order valence-corrected chi connectivity index (χ0v) is 46.9. The number of allylic oxidation sites excluding steroid dienone is 18. The monoisotopic (exact) mass is 999 g/mol. The van der Waals surface area contributed by atoms with E-state index in [-0.39, 0.29) is 31.1 Å². The van der Waals surface area contributed by atoms with Crippen LogP contribution < -0.4 is 0 Å².